The fourth-order valence-corrected chi connectivity index (χ4v) is 3.72. The van der Waals surface area contributed by atoms with E-state index in [0.29, 0.717) is 17.1 Å². The Morgan fingerprint density at radius 3 is 0.692 bits per heavy atom. The molecule has 0 unspecified atom stereocenters. The van der Waals surface area contributed by atoms with Crippen molar-refractivity contribution in [1.82, 2.24) is 0 Å². The van der Waals surface area contributed by atoms with E-state index in [0.717, 1.165) is 17.1 Å². The SMILES string of the molecule is [Bi+3].[OH+]=c1ccc(N=Nc2ccccc2)ccc1[OH2+].[OH+]=c1ccc(N=Nc2ccccc2)ccc1[OH2+].[OH+]=c1ccc(N=Nc2ccccc2)ccc1[OH2+]. The van der Waals surface area contributed by atoms with Crippen molar-refractivity contribution in [3.63, 3.8) is 0 Å². The Bertz CT molecular complexity index is 2050. The van der Waals surface area contributed by atoms with Gasteiger partial charge in [0.15, 0.2) is 0 Å². The van der Waals surface area contributed by atoms with Crippen LogP contribution in [0.25, 0.3) is 0 Å². The summed E-state index contributed by atoms with van der Waals surface area (Å²) in [5.41, 5.74) is 3.80. The van der Waals surface area contributed by atoms with Crippen LogP contribution in [0, 0.1) is 0 Å². The molecule has 0 spiro atoms. The molecule has 0 fully saturated rings. The third-order valence-corrected chi connectivity index (χ3v) is 6.44. The first-order chi connectivity index (χ1) is 24.8. The van der Waals surface area contributed by atoms with Crippen molar-refractivity contribution in [2.45, 2.75) is 0 Å². The molecule has 0 saturated carbocycles. The van der Waals surface area contributed by atoms with Gasteiger partial charge in [-0.3, -0.25) is 14.4 Å². The molecule has 0 aromatic heterocycles. The molecule has 0 amide bonds. The zero-order valence-electron chi connectivity index (χ0n) is 27.6. The van der Waals surface area contributed by atoms with Crippen LogP contribution in [0.3, 0.4) is 0 Å². The second-order valence-corrected chi connectivity index (χ2v) is 10.3. The zero-order chi connectivity index (χ0) is 36.3. The van der Waals surface area contributed by atoms with E-state index in [1.807, 2.05) is 91.0 Å². The van der Waals surface area contributed by atoms with Gasteiger partial charge < -0.3 is 15.3 Å². The van der Waals surface area contributed by atoms with Crippen molar-refractivity contribution in [3.8, 4) is 17.2 Å². The minimum absolute atomic E-state index is 0. The van der Waals surface area contributed by atoms with Crippen LogP contribution in [0.15, 0.2) is 194 Å². The summed E-state index contributed by atoms with van der Waals surface area (Å²) in [5.74, 6) is 0.184. The van der Waals surface area contributed by atoms with E-state index in [4.69, 9.17) is 15.3 Å². The van der Waals surface area contributed by atoms with Crippen molar-refractivity contribution < 1.29 is 29.7 Å². The Morgan fingerprint density at radius 2 is 0.462 bits per heavy atom. The third-order valence-electron chi connectivity index (χ3n) is 6.44. The van der Waals surface area contributed by atoms with Gasteiger partial charge in [0.05, 0.1) is 52.3 Å². The van der Waals surface area contributed by atoms with Gasteiger partial charge in [-0.2, -0.15) is 30.7 Å². The van der Waals surface area contributed by atoms with Gasteiger partial charge in [0.25, 0.3) is 0 Å². The summed E-state index contributed by atoms with van der Waals surface area (Å²) < 4.78 is 0. The fraction of sp³-hybridized carbons (Fsp3) is 0. The van der Waals surface area contributed by atoms with Gasteiger partial charge >= 0.3 is 59.7 Å². The molecule has 12 nitrogen and oxygen atoms in total. The first-order valence-corrected chi connectivity index (χ1v) is 15.3. The van der Waals surface area contributed by atoms with Gasteiger partial charge in [-0.25, -0.2) is 0 Å². The molecule has 0 aliphatic heterocycles. The summed E-state index contributed by atoms with van der Waals surface area (Å²) in [7, 11) is 0. The molecule has 52 heavy (non-hydrogen) atoms. The largest absolute Gasteiger partial charge is 3.00 e. The Hall–Kier alpha value is -6.59. The van der Waals surface area contributed by atoms with Gasteiger partial charge in [0, 0.05) is 18.2 Å². The predicted molar refractivity (Wildman–Crippen MR) is 201 cm³/mol. The molecule has 2 radical (unpaired) electrons. The second kappa shape index (κ2) is 21.5. The molecule has 0 heterocycles. The standard InChI is InChI=1S/3C13H10N2O2.Bi/c3*16-12-8-6-11(7-9-13(12)17)15-14-10-4-2-1-3-5-10;/h3*1-9H,(H,16,17);/q;;;+3/p+6. The number of rotatable bonds is 6. The number of hydrogen-bond acceptors (Lipinski definition) is 6. The van der Waals surface area contributed by atoms with E-state index in [2.05, 4.69) is 30.7 Å². The van der Waals surface area contributed by atoms with Crippen molar-refractivity contribution in [2.24, 2.45) is 30.7 Å². The number of hydrogen-bond donors (Lipinski definition) is 0. The average molecular weight is 894 g/mol. The summed E-state index contributed by atoms with van der Waals surface area (Å²) >= 11 is 0. The van der Waals surface area contributed by atoms with Gasteiger partial charge in [-0.1, -0.05) is 54.6 Å². The van der Waals surface area contributed by atoms with Crippen molar-refractivity contribution >= 4 is 60.3 Å². The first-order valence-electron chi connectivity index (χ1n) is 15.3. The number of nitrogens with zero attached hydrogens (tertiary/aromatic N) is 6. The molecule has 13 heteroatoms. The summed E-state index contributed by atoms with van der Waals surface area (Å²) in [5, 5.41) is 46.5. The van der Waals surface area contributed by atoms with Gasteiger partial charge in [-0.05, 0) is 72.8 Å². The molecule has 254 valence electrons. The van der Waals surface area contributed by atoms with Gasteiger partial charge in [0.1, 0.15) is 0 Å². The number of benzene rings is 3. The van der Waals surface area contributed by atoms with Crippen LogP contribution in [0.4, 0.5) is 34.1 Å². The molecular formula is C39H36BiN6O6+9. The summed E-state index contributed by atoms with van der Waals surface area (Å²) in [6.07, 6.45) is 0. The fourth-order valence-electron chi connectivity index (χ4n) is 3.72. The maximum atomic E-state index is 9.33. The predicted octanol–water partition coefficient (Wildman–Crippen LogP) is 7.25. The molecule has 6 rings (SSSR count). The summed E-state index contributed by atoms with van der Waals surface area (Å²) in [4.78, 5) is 28.0. The van der Waals surface area contributed by atoms with E-state index in [-0.39, 0.29) is 59.7 Å². The second-order valence-electron chi connectivity index (χ2n) is 10.3. The van der Waals surface area contributed by atoms with Crippen LogP contribution in [0.5, 0.6) is 17.2 Å². The van der Waals surface area contributed by atoms with Crippen LogP contribution in [-0.4, -0.2) is 55.9 Å². The molecule has 6 aromatic carbocycles. The van der Waals surface area contributed by atoms with E-state index in [9.17, 15) is 14.4 Å². The Balaban J connectivity index is 0.000000208. The van der Waals surface area contributed by atoms with Gasteiger partial charge in [-0.15, -0.1) is 0 Å². The quantitative estimate of drug-likeness (QED) is 0.0920. The van der Waals surface area contributed by atoms with Crippen LogP contribution >= 0.6 is 0 Å². The van der Waals surface area contributed by atoms with Crippen LogP contribution < -0.4 is 16.3 Å². The molecule has 0 bridgehead atoms. The monoisotopic (exact) mass is 893 g/mol. The minimum atomic E-state index is -0.0776. The molecule has 0 atom stereocenters. The summed E-state index contributed by atoms with van der Waals surface area (Å²) in [6, 6.07) is 46.6. The first kappa shape index (κ1) is 39.8. The van der Waals surface area contributed by atoms with Gasteiger partial charge in [0.2, 0.25) is 0 Å². The Kier molecular flexibility index (Phi) is 16.5. The molecule has 9 N–H and O–H groups in total. The maximum absolute atomic E-state index is 9.33. The van der Waals surface area contributed by atoms with Crippen LogP contribution in [-0.2, 0) is 0 Å². The van der Waals surface area contributed by atoms with E-state index >= 15 is 0 Å². The number of azo groups is 3. The third kappa shape index (κ3) is 14.1. The Morgan fingerprint density at radius 1 is 0.269 bits per heavy atom. The normalized spacial score (nSPS) is 10.4. The maximum Gasteiger partial charge on any atom is 3.00 e. The van der Waals surface area contributed by atoms with Crippen LogP contribution in [0.1, 0.15) is 0 Å². The molecular weight excluding hydrogens is 857 g/mol. The van der Waals surface area contributed by atoms with E-state index in [1.54, 1.807) is 36.4 Å². The van der Waals surface area contributed by atoms with E-state index in [1.165, 1.54) is 36.4 Å². The molecule has 0 aliphatic rings. The molecule has 6 aromatic rings. The van der Waals surface area contributed by atoms with Crippen molar-refractivity contribution in [1.29, 1.82) is 0 Å². The van der Waals surface area contributed by atoms with Crippen molar-refractivity contribution in [2.75, 3.05) is 0 Å². The van der Waals surface area contributed by atoms with Crippen LogP contribution in [0.2, 0.25) is 0 Å². The Labute approximate surface area is 316 Å². The van der Waals surface area contributed by atoms with Crippen molar-refractivity contribution in [3.05, 3.63) is 180 Å². The smallest absolute Gasteiger partial charge is 0.587 e. The zero-order valence-corrected chi connectivity index (χ0v) is 31.0. The van der Waals surface area contributed by atoms with E-state index < -0.39 is 0 Å². The topological polar surface area (TPSA) is 207 Å². The summed E-state index contributed by atoms with van der Waals surface area (Å²) in [6.45, 7) is 0. The average Bonchev–Trinajstić information content (AvgIpc) is 3.52. The minimum Gasteiger partial charge on any atom is -0.587 e. The molecule has 0 aliphatic carbocycles. The molecule has 0 saturated heterocycles.